The van der Waals surface area contributed by atoms with Gasteiger partial charge in [0.25, 0.3) is 0 Å². The van der Waals surface area contributed by atoms with Gasteiger partial charge in [-0.15, -0.1) is 0 Å². The summed E-state index contributed by atoms with van der Waals surface area (Å²) < 4.78 is 5.87. The van der Waals surface area contributed by atoms with Gasteiger partial charge in [0.15, 0.2) is 0 Å². The maximum atomic E-state index is 9.75. The number of halogens is 1. The van der Waals surface area contributed by atoms with E-state index in [0.29, 0.717) is 11.6 Å². The highest BCUT2D eigenvalue weighted by Crippen LogP contribution is 2.37. The molecule has 1 aliphatic carbocycles. The largest absolute Gasteiger partial charge is 0.395 e. The van der Waals surface area contributed by atoms with Gasteiger partial charge in [-0.1, -0.05) is 23.8 Å². The summed E-state index contributed by atoms with van der Waals surface area (Å²) in [6.45, 7) is 4.66. The molecular weight excluding hydrogens is 238 g/mol. The van der Waals surface area contributed by atoms with Gasteiger partial charge in [0, 0.05) is 11.6 Å². The molecule has 0 aromatic carbocycles. The summed E-state index contributed by atoms with van der Waals surface area (Å²) in [6.07, 6.45) is 5.51. The Morgan fingerprint density at radius 1 is 1.53 bits per heavy atom. The van der Waals surface area contributed by atoms with Crippen molar-refractivity contribution in [2.45, 2.75) is 26.1 Å². The zero-order valence-corrected chi connectivity index (χ0v) is 11.7. The van der Waals surface area contributed by atoms with Crippen molar-refractivity contribution in [3.05, 3.63) is 23.3 Å². The molecule has 2 atom stereocenters. The summed E-state index contributed by atoms with van der Waals surface area (Å²) >= 11 is 6.23. The SMILES string of the molecule is CC(C)OC1C(Cl)=CC=CC1(CO)CN(C)C. The van der Waals surface area contributed by atoms with Crippen LogP contribution in [0.4, 0.5) is 0 Å². The van der Waals surface area contributed by atoms with Crippen LogP contribution in [0.2, 0.25) is 0 Å². The summed E-state index contributed by atoms with van der Waals surface area (Å²) in [5.74, 6) is 0. The Kier molecular flexibility index (Phi) is 5.20. The highest BCUT2D eigenvalue weighted by atomic mass is 35.5. The zero-order valence-electron chi connectivity index (χ0n) is 11.0. The van der Waals surface area contributed by atoms with Crippen molar-refractivity contribution >= 4 is 11.6 Å². The molecule has 0 aromatic heterocycles. The van der Waals surface area contributed by atoms with Gasteiger partial charge in [-0.3, -0.25) is 0 Å². The predicted octanol–water partition coefficient (Wildman–Crippen LogP) is 2.01. The van der Waals surface area contributed by atoms with Crippen LogP contribution in [0.1, 0.15) is 13.8 Å². The molecule has 0 heterocycles. The minimum Gasteiger partial charge on any atom is -0.395 e. The normalized spacial score (nSPS) is 28.9. The van der Waals surface area contributed by atoms with Crippen LogP contribution < -0.4 is 0 Å². The molecule has 1 rings (SSSR count). The highest BCUT2D eigenvalue weighted by molar-refractivity contribution is 6.30. The second-order valence-corrected chi connectivity index (χ2v) is 5.54. The van der Waals surface area contributed by atoms with E-state index < -0.39 is 5.41 Å². The fourth-order valence-corrected chi connectivity index (χ4v) is 2.51. The quantitative estimate of drug-likeness (QED) is 0.820. The van der Waals surface area contributed by atoms with Gasteiger partial charge >= 0.3 is 0 Å². The summed E-state index contributed by atoms with van der Waals surface area (Å²) in [4.78, 5) is 2.03. The van der Waals surface area contributed by atoms with Crippen LogP contribution in [-0.4, -0.2) is 49.5 Å². The van der Waals surface area contributed by atoms with Crippen molar-refractivity contribution in [3.8, 4) is 0 Å². The van der Waals surface area contributed by atoms with Crippen LogP contribution in [0.25, 0.3) is 0 Å². The van der Waals surface area contributed by atoms with Crippen LogP contribution >= 0.6 is 11.6 Å². The number of hydrogen-bond acceptors (Lipinski definition) is 3. The minimum atomic E-state index is -0.459. The summed E-state index contributed by atoms with van der Waals surface area (Å²) in [5.41, 5.74) is -0.459. The van der Waals surface area contributed by atoms with E-state index in [1.54, 1.807) is 0 Å². The van der Waals surface area contributed by atoms with Gasteiger partial charge in [-0.2, -0.15) is 0 Å². The summed E-state index contributed by atoms with van der Waals surface area (Å²) in [5, 5.41) is 10.4. The highest BCUT2D eigenvalue weighted by Gasteiger charge is 2.41. The van der Waals surface area contributed by atoms with E-state index in [1.165, 1.54) is 0 Å². The molecule has 0 spiro atoms. The molecule has 0 saturated carbocycles. The second-order valence-electron chi connectivity index (χ2n) is 5.10. The number of nitrogens with zero attached hydrogens (tertiary/aromatic N) is 1. The molecule has 0 radical (unpaired) electrons. The molecular formula is C13H22ClNO2. The van der Waals surface area contributed by atoms with Crippen molar-refractivity contribution in [2.75, 3.05) is 27.2 Å². The van der Waals surface area contributed by atoms with Gasteiger partial charge in [-0.25, -0.2) is 0 Å². The first kappa shape index (κ1) is 14.7. The first-order valence-electron chi connectivity index (χ1n) is 5.87. The molecule has 0 bridgehead atoms. The van der Waals surface area contributed by atoms with E-state index >= 15 is 0 Å². The lowest BCUT2D eigenvalue weighted by Crippen LogP contribution is -2.48. The first-order valence-corrected chi connectivity index (χ1v) is 6.25. The lowest BCUT2D eigenvalue weighted by molar-refractivity contribution is -0.0553. The van der Waals surface area contributed by atoms with E-state index in [0.717, 1.165) is 0 Å². The topological polar surface area (TPSA) is 32.7 Å². The Labute approximate surface area is 109 Å². The summed E-state index contributed by atoms with van der Waals surface area (Å²) in [6, 6.07) is 0. The van der Waals surface area contributed by atoms with E-state index in [9.17, 15) is 5.11 Å². The fourth-order valence-electron chi connectivity index (χ4n) is 2.16. The maximum absolute atomic E-state index is 9.75. The Morgan fingerprint density at radius 3 is 2.65 bits per heavy atom. The van der Waals surface area contributed by atoms with Gasteiger partial charge < -0.3 is 14.7 Å². The second kappa shape index (κ2) is 6.01. The molecule has 0 fully saturated rings. The van der Waals surface area contributed by atoms with Gasteiger partial charge in [0.2, 0.25) is 0 Å². The van der Waals surface area contributed by atoms with Crippen LogP contribution in [0.15, 0.2) is 23.3 Å². The molecule has 2 unspecified atom stereocenters. The number of hydrogen-bond donors (Lipinski definition) is 1. The molecule has 1 N–H and O–H groups in total. The number of rotatable bonds is 5. The standard InChI is InChI=1S/C13H22ClNO2/c1-10(2)17-12-11(14)6-5-7-13(12,9-16)8-15(3)4/h5-7,10,12,16H,8-9H2,1-4H3. The Hall–Kier alpha value is -0.350. The van der Waals surface area contributed by atoms with Gasteiger partial charge in [0.1, 0.15) is 6.10 Å². The van der Waals surface area contributed by atoms with Crippen molar-refractivity contribution in [2.24, 2.45) is 5.41 Å². The van der Waals surface area contributed by atoms with Crippen LogP contribution in [0, 0.1) is 5.41 Å². The molecule has 1 aliphatic rings. The number of aliphatic hydroxyl groups excluding tert-OH is 1. The third kappa shape index (κ3) is 3.55. The van der Waals surface area contributed by atoms with Gasteiger partial charge in [-0.05, 0) is 34.0 Å². The maximum Gasteiger partial charge on any atom is 0.106 e. The van der Waals surface area contributed by atoms with E-state index in [2.05, 4.69) is 0 Å². The smallest absolute Gasteiger partial charge is 0.106 e. The fraction of sp³-hybridized carbons (Fsp3) is 0.692. The van der Waals surface area contributed by atoms with Gasteiger partial charge in [0.05, 0.1) is 18.1 Å². The number of allylic oxidation sites excluding steroid dienone is 2. The average molecular weight is 260 g/mol. The minimum absolute atomic E-state index is 0.0170. The van der Waals surface area contributed by atoms with Crippen molar-refractivity contribution in [1.82, 2.24) is 4.90 Å². The number of aliphatic hydroxyl groups is 1. The van der Waals surface area contributed by atoms with Crippen molar-refractivity contribution < 1.29 is 9.84 Å². The van der Waals surface area contributed by atoms with Crippen molar-refractivity contribution in [1.29, 1.82) is 0 Å². The number of ether oxygens (including phenoxy) is 1. The molecule has 0 aliphatic heterocycles. The Balaban J connectivity index is 2.99. The van der Waals surface area contributed by atoms with Crippen LogP contribution in [0.5, 0.6) is 0 Å². The molecule has 0 saturated heterocycles. The Bertz CT molecular complexity index is 313. The predicted molar refractivity (Wildman–Crippen MR) is 71.2 cm³/mol. The Morgan fingerprint density at radius 2 is 2.18 bits per heavy atom. The van der Waals surface area contributed by atoms with Crippen molar-refractivity contribution in [3.63, 3.8) is 0 Å². The summed E-state index contributed by atoms with van der Waals surface area (Å²) in [7, 11) is 3.95. The van der Waals surface area contributed by atoms with E-state index in [4.69, 9.17) is 16.3 Å². The average Bonchev–Trinajstić information content (AvgIpc) is 2.22. The van der Waals surface area contributed by atoms with Crippen LogP contribution in [0.3, 0.4) is 0 Å². The first-order chi connectivity index (χ1) is 7.91. The third-order valence-corrected chi connectivity index (χ3v) is 3.09. The lowest BCUT2D eigenvalue weighted by atomic mass is 9.79. The van der Waals surface area contributed by atoms with E-state index in [1.807, 2.05) is 51.1 Å². The zero-order chi connectivity index (χ0) is 13.1. The molecule has 17 heavy (non-hydrogen) atoms. The molecule has 3 nitrogen and oxygen atoms in total. The molecule has 98 valence electrons. The molecule has 0 aromatic rings. The monoisotopic (exact) mass is 259 g/mol. The lowest BCUT2D eigenvalue weighted by Gasteiger charge is -2.41. The molecule has 0 amide bonds. The van der Waals surface area contributed by atoms with E-state index in [-0.39, 0.29) is 18.8 Å². The van der Waals surface area contributed by atoms with Crippen LogP contribution in [-0.2, 0) is 4.74 Å². The molecule has 4 heteroatoms. The third-order valence-electron chi connectivity index (χ3n) is 2.77.